The molecular weight excluding hydrogens is 246 g/mol. The van der Waals surface area contributed by atoms with Gasteiger partial charge >= 0.3 is 0 Å². The Morgan fingerprint density at radius 2 is 2.26 bits per heavy atom. The fourth-order valence-electron chi connectivity index (χ4n) is 2.06. The van der Waals surface area contributed by atoms with E-state index in [2.05, 4.69) is 10.4 Å². The second kappa shape index (κ2) is 6.81. The van der Waals surface area contributed by atoms with Gasteiger partial charge in [0.25, 0.3) is 0 Å². The first-order chi connectivity index (χ1) is 9.20. The highest BCUT2D eigenvalue weighted by molar-refractivity contribution is 5.27. The molecule has 1 aliphatic heterocycles. The average molecular weight is 267 g/mol. The van der Waals surface area contributed by atoms with Gasteiger partial charge in [-0.25, -0.2) is 0 Å². The van der Waals surface area contributed by atoms with E-state index in [-0.39, 0.29) is 18.2 Å². The second-order valence-electron chi connectivity index (χ2n) is 4.75. The Morgan fingerprint density at radius 1 is 1.42 bits per heavy atom. The molecule has 1 aromatic heterocycles. The Labute approximate surface area is 113 Å². The molecule has 2 heterocycles. The van der Waals surface area contributed by atoms with Crippen molar-refractivity contribution in [1.29, 1.82) is 0 Å². The highest BCUT2D eigenvalue weighted by Crippen LogP contribution is 2.23. The number of pyridine rings is 1. The summed E-state index contributed by atoms with van der Waals surface area (Å²) in [7, 11) is 0. The maximum absolute atomic E-state index is 5.67. The van der Waals surface area contributed by atoms with E-state index in [4.69, 9.17) is 20.1 Å². The van der Waals surface area contributed by atoms with Crippen molar-refractivity contribution in [1.82, 2.24) is 10.4 Å². The first-order valence-electron chi connectivity index (χ1n) is 6.47. The van der Waals surface area contributed by atoms with Crippen molar-refractivity contribution >= 4 is 0 Å². The molecule has 19 heavy (non-hydrogen) atoms. The molecule has 0 saturated carbocycles. The Morgan fingerprint density at radius 3 is 2.89 bits per heavy atom. The van der Waals surface area contributed by atoms with Gasteiger partial charge in [-0.2, -0.15) is 0 Å². The summed E-state index contributed by atoms with van der Waals surface area (Å²) in [6.07, 6.45) is 3.44. The average Bonchev–Trinajstić information content (AvgIpc) is 2.40. The Balaban J connectivity index is 2.12. The van der Waals surface area contributed by atoms with E-state index in [1.54, 1.807) is 12.4 Å². The summed E-state index contributed by atoms with van der Waals surface area (Å²) in [5.74, 6) is 6.36. The number of ether oxygens (including phenoxy) is 3. The normalized spacial score (nSPS) is 21.4. The molecule has 0 spiro atoms. The molecule has 2 unspecified atom stereocenters. The number of nitrogens with one attached hydrogen (secondary N) is 1. The van der Waals surface area contributed by atoms with Crippen molar-refractivity contribution in [2.45, 2.75) is 32.1 Å². The summed E-state index contributed by atoms with van der Waals surface area (Å²) in [5.41, 5.74) is 3.70. The van der Waals surface area contributed by atoms with Crippen molar-refractivity contribution < 1.29 is 14.2 Å². The lowest BCUT2D eigenvalue weighted by molar-refractivity contribution is -0.102. The molecular formula is C13H21N3O3. The van der Waals surface area contributed by atoms with E-state index in [1.165, 1.54) is 0 Å². The molecule has 1 aliphatic rings. The number of hydrogen-bond donors (Lipinski definition) is 2. The number of aromatic nitrogens is 1. The third-order valence-electron chi connectivity index (χ3n) is 2.86. The summed E-state index contributed by atoms with van der Waals surface area (Å²) in [6.45, 7) is 5.68. The fraction of sp³-hybridized carbons (Fsp3) is 0.615. The van der Waals surface area contributed by atoms with Crippen molar-refractivity contribution in [3.8, 4) is 5.75 Å². The Bertz CT molecular complexity index is 394. The fourth-order valence-corrected chi connectivity index (χ4v) is 2.06. The standard InChI is InChI=1S/C13H21N3O3/c1-9(2)19-11-5-10(6-15-7-11)13(16-14)12-8-17-3-4-18-12/h5-7,9,12-13,16H,3-4,8,14H2,1-2H3. The molecule has 3 N–H and O–H groups in total. The summed E-state index contributed by atoms with van der Waals surface area (Å²) in [4.78, 5) is 4.18. The van der Waals surface area contributed by atoms with Gasteiger partial charge in [0, 0.05) is 6.20 Å². The maximum Gasteiger partial charge on any atom is 0.138 e. The maximum atomic E-state index is 5.67. The molecule has 0 amide bonds. The SMILES string of the molecule is CC(C)Oc1cncc(C(NN)C2COCCO2)c1. The zero-order chi connectivity index (χ0) is 13.7. The molecule has 0 aromatic carbocycles. The lowest BCUT2D eigenvalue weighted by Crippen LogP contribution is -2.43. The van der Waals surface area contributed by atoms with Crippen LogP contribution < -0.4 is 16.0 Å². The molecule has 1 aromatic rings. The van der Waals surface area contributed by atoms with E-state index in [0.29, 0.717) is 19.8 Å². The topological polar surface area (TPSA) is 78.6 Å². The van der Waals surface area contributed by atoms with Crippen LogP contribution >= 0.6 is 0 Å². The van der Waals surface area contributed by atoms with Crippen molar-refractivity contribution in [3.05, 3.63) is 24.0 Å². The predicted molar refractivity (Wildman–Crippen MR) is 70.6 cm³/mol. The second-order valence-corrected chi connectivity index (χ2v) is 4.75. The van der Waals surface area contributed by atoms with E-state index in [0.717, 1.165) is 11.3 Å². The van der Waals surface area contributed by atoms with Gasteiger partial charge < -0.3 is 14.2 Å². The van der Waals surface area contributed by atoms with Gasteiger partial charge in [0.2, 0.25) is 0 Å². The van der Waals surface area contributed by atoms with Crippen LogP contribution in [0.3, 0.4) is 0 Å². The molecule has 6 heteroatoms. The third kappa shape index (κ3) is 3.87. The molecule has 1 fully saturated rings. The summed E-state index contributed by atoms with van der Waals surface area (Å²) < 4.78 is 16.7. The van der Waals surface area contributed by atoms with Crippen LogP contribution in [0.4, 0.5) is 0 Å². The molecule has 6 nitrogen and oxygen atoms in total. The Hall–Kier alpha value is -1.21. The summed E-state index contributed by atoms with van der Waals surface area (Å²) in [6, 6.07) is 1.76. The van der Waals surface area contributed by atoms with Crippen LogP contribution in [0.2, 0.25) is 0 Å². The van der Waals surface area contributed by atoms with Gasteiger partial charge in [0.1, 0.15) is 11.9 Å². The monoisotopic (exact) mass is 267 g/mol. The molecule has 0 radical (unpaired) electrons. The van der Waals surface area contributed by atoms with Crippen LogP contribution in [-0.2, 0) is 9.47 Å². The van der Waals surface area contributed by atoms with Gasteiger partial charge in [-0.05, 0) is 25.5 Å². The van der Waals surface area contributed by atoms with Crippen molar-refractivity contribution in [2.24, 2.45) is 5.84 Å². The zero-order valence-corrected chi connectivity index (χ0v) is 11.3. The minimum Gasteiger partial charge on any atom is -0.489 e. The quantitative estimate of drug-likeness (QED) is 0.606. The Kier molecular flexibility index (Phi) is 5.09. The van der Waals surface area contributed by atoms with Gasteiger partial charge in [-0.1, -0.05) is 0 Å². The molecule has 2 rings (SSSR count). The summed E-state index contributed by atoms with van der Waals surface area (Å²) >= 11 is 0. The third-order valence-corrected chi connectivity index (χ3v) is 2.86. The van der Waals surface area contributed by atoms with Crippen molar-refractivity contribution in [2.75, 3.05) is 19.8 Å². The first-order valence-corrected chi connectivity index (χ1v) is 6.47. The highest BCUT2D eigenvalue weighted by atomic mass is 16.6. The van der Waals surface area contributed by atoms with E-state index < -0.39 is 0 Å². The minimum absolute atomic E-state index is 0.107. The number of nitrogens with zero attached hydrogens (tertiary/aromatic N) is 1. The molecule has 1 saturated heterocycles. The lowest BCUT2D eigenvalue weighted by atomic mass is 10.0. The van der Waals surface area contributed by atoms with Crippen LogP contribution in [0.5, 0.6) is 5.75 Å². The van der Waals surface area contributed by atoms with E-state index in [1.807, 2.05) is 19.9 Å². The molecule has 0 aliphatic carbocycles. The van der Waals surface area contributed by atoms with Crippen LogP contribution in [0, 0.1) is 0 Å². The van der Waals surface area contributed by atoms with Gasteiger partial charge in [-0.3, -0.25) is 16.3 Å². The number of hydrazine groups is 1. The summed E-state index contributed by atoms with van der Waals surface area (Å²) in [5, 5.41) is 0. The molecule has 0 bridgehead atoms. The first kappa shape index (κ1) is 14.2. The van der Waals surface area contributed by atoms with Crippen LogP contribution in [0.25, 0.3) is 0 Å². The van der Waals surface area contributed by atoms with Crippen LogP contribution in [0.1, 0.15) is 25.5 Å². The minimum atomic E-state index is -0.163. The van der Waals surface area contributed by atoms with Gasteiger partial charge in [0.15, 0.2) is 0 Å². The largest absolute Gasteiger partial charge is 0.489 e. The van der Waals surface area contributed by atoms with Crippen LogP contribution in [0.15, 0.2) is 18.5 Å². The van der Waals surface area contributed by atoms with E-state index >= 15 is 0 Å². The predicted octanol–water partition coefficient (Wildman–Crippen LogP) is 0.789. The lowest BCUT2D eigenvalue weighted by Gasteiger charge is -2.30. The smallest absolute Gasteiger partial charge is 0.138 e. The van der Waals surface area contributed by atoms with Gasteiger partial charge in [0.05, 0.1) is 38.2 Å². The zero-order valence-electron chi connectivity index (χ0n) is 11.3. The molecule has 106 valence electrons. The number of nitrogens with two attached hydrogens (primary N) is 1. The number of hydrogen-bond acceptors (Lipinski definition) is 6. The van der Waals surface area contributed by atoms with Gasteiger partial charge in [-0.15, -0.1) is 0 Å². The molecule has 2 atom stereocenters. The van der Waals surface area contributed by atoms with Crippen molar-refractivity contribution in [3.63, 3.8) is 0 Å². The number of rotatable bonds is 5. The highest BCUT2D eigenvalue weighted by Gasteiger charge is 2.26. The van der Waals surface area contributed by atoms with E-state index in [9.17, 15) is 0 Å². The van der Waals surface area contributed by atoms with Crippen LogP contribution in [-0.4, -0.2) is 37.0 Å².